The number of carboxylic acid groups (broad SMARTS) is 1. The number of carboxylic acids is 1. The zero-order chi connectivity index (χ0) is 22.4. The highest BCUT2D eigenvalue weighted by Gasteiger charge is 2.33. The summed E-state index contributed by atoms with van der Waals surface area (Å²) in [6.07, 6.45) is 3.99. The van der Waals surface area contributed by atoms with Crippen LogP contribution in [0.25, 0.3) is 6.08 Å². The largest absolute Gasteiger partial charge is 0.493 e. The average molecular weight is 456 g/mol. The molecule has 0 aliphatic carbocycles. The fraction of sp³-hybridized carbons (Fsp3) is 0.174. The first kappa shape index (κ1) is 22.6. The molecule has 1 saturated heterocycles. The van der Waals surface area contributed by atoms with Gasteiger partial charge in [-0.2, -0.15) is 0 Å². The van der Waals surface area contributed by atoms with E-state index in [9.17, 15) is 9.59 Å². The molecule has 160 valence electrons. The number of allylic oxidation sites excluding steroid dienone is 1. The number of thioether (sulfide) groups is 1. The molecule has 0 saturated carbocycles. The van der Waals surface area contributed by atoms with Crippen molar-refractivity contribution in [1.29, 1.82) is 0 Å². The van der Waals surface area contributed by atoms with Gasteiger partial charge in [0.05, 0.1) is 12.0 Å². The summed E-state index contributed by atoms with van der Waals surface area (Å²) in [5, 5.41) is 8.99. The normalized spacial score (nSPS) is 14.7. The summed E-state index contributed by atoms with van der Waals surface area (Å²) in [4.78, 5) is 25.0. The number of carbonyl (C=O) groups is 2. The number of aliphatic carboxylic acids is 1. The lowest BCUT2D eigenvalue weighted by atomic mass is 10.0. The van der Waals surface area contributed by atoms with Crippen LogP contribution in [0.3, 0.4) is 0 Å². The molecule has 8 heteroatoms. The lowest BCUT2D eigenvalue weighted by Gasteiger charge is -2.16. The molecule has 0 unspecified atom stereocenters. The number of carbonyl (C=O) groups excluding carboxylic acids is 1. The third kappa shape index (κ3) is 5.53. The number of methoxy groups -OCH3 is 1. The fourth-order valence-corrected chi connectivity index (χ4v) is 4.30. The molecule has 31 heavy (non-hydrogen) atoms. The van der Waals surface area contributed by atoms with Gasteiger partial charge in [-0.3, -0.25) is 14.5 Å². The number of hydrogen-bond acceptors (Lipinski definition) is 6. The first-order valence-electron chi connectivity index (χ1n) is 9.38. The Morgan fingerprint density at radius 2 is 2.03 bits per heavy atom. The van der Waals surface area contributed by atoms with Gasteiger partial charge < -0.3 is 14.6 Å². The van der Waals surface area contributed by atoms with Gasteiger partial charge in [-0.15, -0.1) is 6.58 Å². The zero-order valence-corrected chi connectivity index (χ0v) is 18.5. The quantitative estimate of drug-likeness (QED) is 0.343. The average Bonchev–Trinajstić information content (AvgIpc) is 3.00. The Hall–Kier alpha value is -3.10. The summed E-state index contributed by atoms with van der Waals surface area (Å²) in [5.74, 6) is -0.400. The summed E-state index contributed by atoms with van der Waals surface area (Å²) in [6.45, 7) is 3.74. The van der Waals surface area contributed by atoms with Crippen molar-refractivity contribution in [2.24, 2.45) is 0 Å². The van der Waals surface area contributed by atoms with Crippen LogP contribution in [0.5, 0.6) is 11.5 Å². The molecule has 1 fully saturated rings. The summed E-state index contributed by atoms with van der Waals surface area (Å²) < 4.78 is 11.8. The molecule has 2 aromatic rings. The van der Waals surface area contributed by atoms with Crippen LogP contribution in [-0.4, -0.2) is 39.9 Å². The molecule has 0 radical (unpaired) electrons. The Labute approximate surface area is 190 Å². The Bertz CT molecular complexity index is 1050. The first-order chi connectivity index (χ1) is 14.9. The van der Waals surface area contributed by atoms with E-state index in [4.69, 9.17) is 26.8 Å². The fourth-order valence-electron chi connectivity index (χ4n) is 3.04. The Morgan fingerprint density at radius 1 is 1.29 bits per heavy atom. The molecule has 1 amide bonds. The minimum absolute atomic E-state index is 0.222. The Balaban J connectivity index is 1.91. The van der Waals surface area contributed by atoms with Gasteiger partial charge in [-0.25, -0.2) is 0 Å². The van der Waals surface area contributed by atoms with E-state index in [1.165, 1.54) is 0 Å². The number of hydrogen-bond donors (Lipinski definition) is 1. The second-order valence-corrected chi connectivity index (χ2v) is 8.32. The van der Waals surface area contributed by atoms with Gasteiger partial charge in [0, 0.05) is 5.56 Å². The van der Waals surface area contributed by atoms with Crippen LogP contribution in [0.2, 0.25) is 0 Å². The topological polar surface area (TPSA) is 76.1 Å². The molecule has 2 aromatic carbocycles. The standard InChI is InChI=1S/C23H21NO5S2/c1-3-7-17-10-16(12-19-22(27)24(13-20(25)26)23(30)31-19)11-18(28-2)21(17)29-14-15-8-5-4-6-9-15/h3-6,8-12H,1,7,13-14H2,2H3,(H,25,26)/b19-12+. The predicted octanol–water partition coefficient (Wildman–Crippen LogP) is 4.29. The number of thiocarbonyl (C=S) groups is 1. The smallest absolute Gasteiger partial charge is 0.323 e. The van der Waals surface area contributed by atoms with E-state index in [-0.39, 0.29) is 4.32 Å². The maximum Gasteiger partial charge on any atom is 0.323 e. The van der Waals surface area contributed by atoms with Gasteiger partial charge in [-0.1, -0.05) is 60.4 Å². The van der Waals surface area contributed by atoms with Crippen LogP contribution in [0.1, 0.15) is 16.7 Å². The highest BCUT2D eigenvalue weighted by molar-refractivity contribution is 8.26. The van der Waals surface area contributed by atoms with Crippen molar-refractivity contribution in [2.75, 3.05) is 13.7 Å². The first-order valence-corrected chi connectivity index (χ1v) is 10.6. The van der Waals surface area contributed by atoms with E-state index >= 15 is 0 Å². The molecular formula is C23H21NO5S2. The van der Waals surface area contributed by atoms with Crippen molar-refractivity contribution in [3.8, 4) is 11.5 Å². The highest BCUT2D eigenvalue weighted by atomic mass is 32.2. The third-order valence-corrected chi connectivity index (χ3v) is 5.81. The zero-order valence-electron chi connectivity index (χ0n) is 16.9. The van der Waals surface area contributed by atoms with E-state index < -0.39 is 18.4 Å². The van der Waals surface area contributed by atoms with Gasteiger partial charge in [-0.05, 0) is 35.8 Å². The van der Waals surface area contributed by atoms with E-state index in [0.717, 1.165) is 33.4 Å². The molecule has 6 nitrogen and oxygen atoms in total. The molecule has 0 atom stereocenters. The van der Waals surface area contributed by atoms with Crippen molar-refractivity contribution in [2.45, 2.75) is 13.0 Å². The lowest BCUT2D eigenvalue weighted by Crippen LogP contribution is -2.33. The van der Waals surface area contributed by atoms with Crippen molar-refractivity contribution in [1.82, 2.24) is 4.90 Å². The highest BCUT2D eigenvalue weighted by Crippen LogP contribution is 2.37. The van der Waals surface area contributed by atoms with E-state index in [0.29, 0.717) is 29.4 Å². The van der Waals surface area contributed by atoms with Gasteiger partial charge in [0.15, 0.2) is 11.5 Å². The molecule has 0 aromatic heterocycles. The SMILES string of the molecule is C=CCc1cc(/C=C2/SC(=S)N(CC(=O)O)C2=O)cc(OC)c1OCc1ccccc1. The van der Waals surface area contributed by atoms with E-state index in [1.807, 2.05) is 36.4 Å². The maximum atomic E-state index is 12.6. The molecule has 1 heterocycles. The monoisotopic (exact) mass is 455 g/mol. The van der Waals surface area contributed by atoms with Crippen LogP contribution >= 0.6 is 24.0 Å². The second kappa shape index (κ2) is 10.3. The number of rotatable bonds is 9. The van der Waals surface area contributed by atoms with Gasteiger partial charge >= 0.3 is 5.97 Å². The van der Waals surface area contributed by atoms with Crippen LogP contribution in [0, 0.1) is 0 Å². The van der Waals surface area contributed by atoms with Crippen molar-refractivity contribution >= 4 is 46.3 Å². The summed E-state index contributed by atoms with van der Waals surface area (Å²) in [7, 11) is 1.55. The second-order valence-electron chi connectivity index (χ2n) is 6.64. The molecule has 0 bridgehead atoms. The van der Waals surface area contributed by atoms with Crippen LogP contribution < -0.4 is 9.47 Å². The van der Waals surface area contributed by atoms with E-state index in [1.54, 1.807) is 25.3 Å². The predicted molar refractivity (Wildman–Crippen MR) is 125 cm³/mol. The Kier molecular flexibility index (Phi) is 7.49. The van der Waals surface area contributed by atoms with Crippen LogP contribution in [-0.2, 0) is 22.6 Å². The number of nitrogens with zero attached hydrogens (tertiary/aromatic N) is 1. The van der Waals surface area contributed by atoms with Crippen molar-refractivity contribution in [3.63, 3.8) is 0 Å². The summed E-state index contributed by atoms with van der Waals surface area (Å²) in [6, 6.07) is 13.5. The van der Waals surface area contributed by atoms with Gasteiger partial charge in [0.2, 0.25) is 0 Å². The minimum Gasteiger partial charge on any atom is -0.493 e. The number of benzene rings is 2. The number of amides is 1. The Morgan fingerprint density at radius 3 is 2.68 bits per heavy atom. The summed E-state index contributed by atoms with van der Waals surface area (Å²) >= 11 is 6.23. The molecule has 3 rings (SSSR count). The maximum absolute atomic E-state index is 12.6. The lowest BCUT2D eigenvalue weighted by molar-refractivity contribution is -0.140. The van der Waals surface area contributed by atoms with E-state index in [2.05, 4.69) is 6.58 Å². The minimum atomic E-state index is -1.12. The van der Waals surface area contributed by atoms with Gasteiger partial charge in [0.25, 0.3) is 5.91 Å². The van der Waals surface area contributed by atoms with Crippen LogP contribution in [0.4, 0.5) is 0 Å². The van der Waals surface area contributed by atoms with Crippen LogP contribution in [0.15, 0.2) is 60.0 Å². The summed E-state index contributed by atoms with van der Waals surface area (Å²) in [5.41, 5.74) is 2.61. The van der Waals surface area contributed by atoms with Gasteiger partial charge in [0.1, 0.15) is 17.5 Å². The molecule has 1 N–H and O–H groups in total. The van der Waals surface area contributed by atoms with Crippen molar-refractivity contribution in [3.05, 3.63) is 76.7 Å². The molecule has 1 aliphatic rings. The van der Waals surface area contributed by atoms with Crippen molar-refractivity contribution < 1.29 is 24.2 Å². The number of ether oxygens (including phenoxy) is 2. The third-order valence-electron chi connectivity index (χ3n) is 4.43. The molecule has 0 spiro atoms. The molecular weight excluding hydrogens is 434 g/mol. The molecule has 1 aliphatic heterocycles.